The number of nitro groups is 1. The molecule has 9 rings (SSSR count). The molecule has 4 N–H and O–H groups in total. The number of anilines is 1. The predicted octanol–water partition coefficient (Wildman–Crippen LogP) is 13.4. The number of rotatable bonds is 5. The smallest absolute Gasteiger partial charge is 0.318 e. The molecule has 0 radical (unpaired) electrons. The van der Waals surface area contributed by atoms with E-state index in [2.05, 4.69) is 9.97 Å². The minimum absolute atomic E-state index is 0.0843. The molecule has 12 heteroatoms. The minimum Gasteiger partial charge on any atom is -0.391 e. The van der Waals surface area contributed by atoms with Gasteiger partial charge in [0.15, 0.2) is 0 Å². The molecule has 0 aliphatic carbocycles. The van der Waals surface area contributed by atoms with Crippen LogP contribution in [-0.2, 0) is 0 Å². The lowest BCUT2D eigenvalue weighted by molar-refractivity contribution is -0.382. The summed E-state index contributed by atoms with van der Waals surface area (Å²) in [5.74, 6) is 0. The Morgan fingerprint density at radius 1 is 0.500 bits per heavy atom. The van der Waals surface area contributed by atoms with Crippen molar-refractivity contribution in [3.63, 3.8) is 0 Å². The van der Waals surface area contributed by atoms with Crippen LogP contribution >= 0.6 is 46.4 Å². The number of aromatic amines is 2. The van der Waals surface area contributed by atoms with Crippen molar-refractivity contribution in [1.82, 2.24) is 19.9 Å². The molecule has 272 valence electrons. The molecule has 0 saturated carbocycles. The Bertz CT molecular complexity index is 3040. The molecular weight excluding hydrogens is 786 g/mol. The lowest BCUT2D eigenvalue weighted by Crippen LogP contribution is -1.94. The zero-order chi connectivity index (χ0) is 38.7. The van der Waals surface area contributed by atoms with E-state index in [1.54, 1.807) is 42.5 Å². The molecule has 0 amide bonds. The number of H-pyrrole nitrogens is 2. The second kappa shape index (κ2) is 14.2. The Labute approximate surface area is 339 Å². The van der Waals surface area contributed by atoms with Crippen LogP contribution in [0.2, 0.25) is 20.1 Å². The number of nitrogens with zero attached hydrogens (tertiary/aromatic N) is 3. The van der Waals surface area contributed by atoms with Gasteiger partial charge in [0.05, 0.1) is 33.2 Å². The monoisotopic (exact) mass is 810 g/mol. The van der Waals surface area contributed by atoms with E-state index in [9.17, 15) is 10.1 Å². The van der Waals surface area contributed by atoms with Crippen molar-refractivity contribution in [2.75, 3.05) is 5.73 Å². The highest BCUT2D eigenvalue weighted by Gasteiger charge is 2.28. The number of nitrogen functional groups attached to an aromatic ring is 1. The van der Waals surface area contributed by atoms with E-state index < -0.39 is 4.92 Å². The summed E-state index contributed by atoms with van der Waals surface area (Å²) in [6, 6.07) is 33.3. The third-order valence-electron chi connectivity index (χ3n) is 9.68. The molecule has 4 aromatic carbocycles. The van der Waals surface area contributed by atoms with Crippen LogP contribution in [0.3, 0.4) is 0 Å². The molecule has 0 unspecified atom stereocenters. The Balaban J connectivity index is 1.56. The maximum absolute atomic E-state index is 13.1. The van der Waals surface area contributed by atoms with Crippen LogP contribution in [0.4, 0.5) is 11.4 Å². The molecule has 0 saturated heterocycles. The fourth-order valence-corrected chi connectivity index (χ4v) is 8.10. The van der Waals surface area contributed by atoms with E-state index in [0.717, 1.165) is 33.3 Å². The van der Waals surface area contributed by atoms with Crippen molar-refractivity contribution < 1.29 is 4.92 Å². The third-order valence-corrected chi connectivity index (χ3v) is 10.6. The number of fused-ring (bicyclic) bond motifs is 8. The third kappa shape index (κ3) is 6.32. The fourth-order valence-electron chi connectivity index (χ4n) is 7.34. The van der Waals surface area contributed by atoms with Gasteiger partial charge in [-0.05, 0) is 107 Å². The van der Waals surface area contributed by atoms with E-state index >= 15 is 0 Å². The van der Waals surface area contributed by atoms with Gasteiger partial charge in [-0.25, -0.2) is 9.97 Å². The first-order chi connectivity index (χ1) is 27.1. The summed E-state index contributed by atoms with van der Waals surface area (Å²) in [6.45, 7) is 0. The lowest BCUT2D eigenvalue weighted by Gasteiger charge is -2.07. The Hall–Kier alpha value is -6.16. The summed E-state index contributed by atoms with van der Waals surface area (Å²) in [6.07, 6.45) is 7.47. The molecule has 2 aliphatic rings. The van der Waals surface area contributed by atoms with Crippen LogP contribution in [0.25, 0.3) is 90.9 Å². The van der Waals surface area contributed by atoms with Gasteiger partial charge in [-0.1, -0.05) is 94.9 Å². The van der Waals surface area contributed by atoms with Crippen molar-refractivity contribution in [3.8, 4) is 44.5 Å². The quantitative estimate of drug-likeness (QED) is 0.118. The summed E-state index contributed by atoms with van der Waals surface area (Å²) in [4.78, 5) is 30.1. The van der Waals surface area contributed by atoms with Crippen LogP contribution < -0.4 is 5.73 Å². The molecule has 5 heterocycles. The van der Waals surface area contributed by atoms with Crippen LogP contribution in [-0.4, -0.2) is 24.9 Å². The van der Waals surface area contributed by atoms with E-state index in [4.69, 9.17) is 62.1 Å². The highest BCUT2D eigenvalue weighted by atomic mass is 35.5. The SMILES string of the molecule is Nc1c([N+](=O)[O-])c2[nH]c1c(-c1cccc(Cl)c1)c1nc(c(-c3cccc(Cl)c3)c3ccc([nH]3)c(-c3cccc(Cl)c3)c3nc(c2-c2cccc(Cl)c2)C=C3)C=C1. The maximum atomic E-state index is 13.1. The second-order valence-electron chi connectivity index (χ2n) is 13.2. The highest BCUT2D eigenvalue weighted by Crippen LogP contribution is 2.45. The van der Waals surface area contributed by atoms with Crippen molar-refractivity contribution in [2.24, 2.45) is 0 Å². The van der Waals surface area contributed by atoms with E-state index in [1.807, 2.05) is 91.0 Å². The Morgan fingerprint density at radius 3 is 1.23 bits per heavy atom. The summed E-state index contributed by atoms with van der Waals surface area (Å²) in [7, 11) is 0. The highest BCUT2D eigenvalue weighted by molar-refractivity contribution is 6.32. The molecule has 3 aromatic heterocycles. The molecule has 8 nitrogen and oxygen atoms in total. The van der Waals surface area contributed by atoms with E-state index in [1.165, 1.54) is 0 Å². The zero-order valence-electron chi connectivity index (χ0n) is 28.9. The molecular formula is C44H26Cl4N6O2. The van der Waals surface area contributed by atoms with E-state index in [0.29, 0.717) is 65.1 Å². The normalized spacial score (nSPS) is 12.0. The van der Waals surface area contributed by atoms with Crippen LogP contribution in [0.5, 0.6) is 0 Å². The van der Waals surface area contributed by atoms with Crippen molar-refractivity contribution in [2.45, 2.75) is 0 Å². The number of hydrogen-bond donors (Lipinski definition) is 3. The summed E-state index contributed by atoms with van der Waals surface area (Å²) < 4.78 is 0. The van der Waals surface area contributed by atoms with Gasteiger partial charge < -0.3 is 15.7 Å². The molecule has 8 bridgehead atoms. The second-order valence-corrected chi connectivity index (χ2v) is 14.9. The summed E-state index contributed by atoms with van der Waals surface area (Å²) in [5.41, 5.74) is 15.9. The van der Waals surface area contributed by atoms with Gasteiger partial charge >= 0.3 is 5.69 Å². The fraction of sp³-hybridized carbons (Fsp3) is 0. The first-order valence-electron chi connectivity index (χ1n) is 17.3. The van der Waals surface area contributed by atoms with Gasteiger partial charge in [0.2, 0.25) is 0 Å². The lowest BCUT2D eigenvalue weighted by atomic mass is 10.0. The number of aromatic nitrogens is 4. The summed E-state index contributed by atoms with van der Waals surface area (Å²) >= 11 is 26.3. The number of benzene rings is 4. The number of hydrogen-bond acceptors (Lipinski definition) is 5. The summed E-state index contributed by atoms with van der Waals surface area (Å²) in [5, 5.41) is 15.1. The van der Waals surface area contributed by atoms with Gasteiger partial charge in [0, 0.05) is 53.4 Å². The van der Waals surface area contributed by atoms with E-state index in [-0.39, 0.29) is 22.4 Å². The predicted molar refractivity (Wildman–Crippen MR) is 232 cm³/mol. The van der Waals surface area contributed by atoms with Crippen molar-refractivity contribution >= 4 is 104 Å². The standard InChI is InChI=1S/C44H26Cl4N6O2/c45-27-9-1-5-23(19-27)37-31-13-14-32(50-31)38(24-6-2-10-28(46)20-24)34-16-18-36(52-34)40(26-8-4-12-30(48)22-26)43-44(54(55)56)41(49)42(53-43)39(35-17-15-33(37)51-35)25-7-3-11-29(47)21-25/h1-22,50,53H,49H2. The molecule has 7 aromatic rings. The number of halogens is 4. The van der Waals surface area contributed by atoms with Crippen molar-refractivity contribution in [1.29, 1.82) is 0 Å². The average Bonchev–Trinajstić information content (AvgIpc) is 3.99. The van der Waals surface area contributed by atoms with Gasteiger partial charge in [-0.2, -0.15) is 0 Å². The topological polar surface area (TPSA) is 127 Å². The Morgan fingerprint density at radius 2 is 0.857 bits per heavy atom. The number of nitrogens with two attached hydrogens (primary N) is 1. The first kappa shape index (κ1) is 35.5. The van der Waals surface area contributed by atoms with Crippen LogP contribution in [0.1, 0.15) is 22.8 Å². The zero-order valence-corrected chi connectivity index (χ0v) is 32.0. The first-order valence-corrected chi connectivity index (χ1v) is 18.8. The van der Waals surface area contributed by atoms with Crippen molar-refractivity contribution in [3.05, 3.63) is 162 Å². The molecule has 0 atom stereocenters. The minimum atomic E-state index is -0.485. The van der Waals surface area contributed by atoms with Gasteiger partial charge in [-0.3, -0.25) is 10.1 Å². The van der Waals surface area contributed by atoms with Gasteiger partial charge in [-0.15, -0.1) is 0 Å². The van der Waals surface area contributed by atoms with Crippen LogP contribution in [0.15, 0.2) is 109 Å². The number of nitrogens with one attached hydrogen (secondary N) is 2. The molecule has 2 aliphatic heterocycles. The van der Waals surface area contributed by atoms with Gasteiger partial charge in [0.25, 0.3) is 0 Å². The average molecular weight is 813 g/mol. The largest absolute Gasteiger partial charge is 0.391 e. The molecule has 0 fully saturated rings. The van der Waals surface area contributed by atoms with Gasteiger partial charge in [0.1, 0.15) is 11.2 Å². The van der Waals surface area contributed by atoms with Crippen LogP contribution in [0, 0.1) is 10.1 Å². The molecule has 56 heavy (non-hydrogen) atoms. The Kier molecular flexibility index (Phi) is 8.99. The molecule has 0 spiro atoms. The maximum Gasteiger partial charge on any atom is 0.318 e.